The van der Waals surface area contributed by atoms with E-state index in [9.17, 15) is 4.79 Å². The Morgan fingerprint density at radius 1 is 1.32 bits per heavy atom. The van der Waals surface area contributed by atoms with Crippen LogP contribution in [0.3, 0.4) is 0 Å². The van der Waals surface area contributed by atoms with Gasteiger partial charge in [0.05, 0.1) is 5.02 Å². The zero-order valence-electron chi connectivity index (χ0n) is 10.4. The number of thiophene rings is 1. The summed E-state index contributed by atoms with van der Waals surface area (Å²) in [5.41, 5.74) is 0.0831. The van der Waals surface area contributed by atoms with Crippen LogP contribution in [0.15, 0.2) is 30.3 Å². The molecule has 100 valence electrons. The van der Waals surface area contributed by atoms with Crippen LogP contribution in [0.4, 0.5) is 0 Å². The summed E-state index contributed by atoms with van der Waals surface area (Å²) in [6.07, 6.45) is 0.983. The first kappa shape index (κ1) is 13.9. The quantitative estimate of drug-likeness (QED) is 0.897. The zero-order valence-corrected chi connectivity index (χ0v) is 11.9. The molecule has 0 aliphatic rings. The molecule has 1 aromatic carbocycles. The van der Waals surface area contributed by atoms with Crippen LogP contribution in [0.1, 0.15) is 27.0 Å². The number of aryl methyl sites for hydroxylation is 1. The van der Waals surface area contributed by atoms with Crippen molar-refractivity contribution in [2.24, 2.45) is 0 Å². The van der Waals surface area contributed by atoms with Gasteiger partial charge >= 0.3 is 5.97 Å². The number of aromatic carboxylic acids is 1. The maximum Gasteiger partial charge on any atom is 0.339 e. The van der Waals surface area contributed by atoms with E-state index in [4.69, 9.17) is 21.4 Å². The van der Waals surface area contributed by atoms with Gasteiger partial charge in [0.2, 0.25) is 0 Å². The van der Waals surface area contributed by atoms with Crippen LogP contribution >= 0.6 is 22.9 Å². The monoisotopic (exact) mass is 296 g/mol. The minimum atomic E-state index is -1.04. The fourth-order valence-electron chi connectivity index (χ4n) is 1.66. The van der Waals surface area contributed by atoms with E-state index < -0.39 is 5.97 Å². The Kier molecular flexibility index (Phi) is 4.45. The molecule has 0 aliphatic heterocycles. The Hall–Kier alpha value is -1.52. The molecule has 5 heteroatoms. The van der Waals surface area contributed by atoms with Crippen molar-refractivity contribution >= 4 is 28.9 Å². The van der Waals surface area contributed by atoms with E-state index in [2.05, 4.69) is 6.92 Å². The molecule has 2 aromatic rings. The van der Waals surface area contributed by atoms with Gasteiger partial charge < -0.3 is 9.84 Å². The average molecular weight is 297 g/mol. The Morgan fingerprint density at radius 2 is 2.05 bits per heavy atom. The lowest BCUT2D eigenvalue weighted by atomic mass is 10.2. The zero-order chi connectivity index (χ0) is 13.8. The molecule has 0 aliphatic carbocycles. The summed E-state index contributed by atoms with van der Waals surface area (Å²) in [7, 11) is 0. The van der Waals surface area contributed by atoms with Crippen molar-refractivity contribution in [1.82, 2.24) is 0 Å². The topological polar surface area (TPSA) is 46.5 Å². The van der Waals surface area contributed by atoms with E-state index >= 15 is 0 Å². The molecule has 0 saturated carbocycles. The van der Waals surface area contributed by atoms with Crippen LogP contribution in [0.5, 0.6) is 5.75 Å². The van der Waals surface area contributed by atoms with Gasteiger partial charge in [-0.25, -0.2) is 4.79 Å². The van der Waals surface area contributed by atoms with E-state index in [1.165, 1.54) is 10.9 Å². The van der Waals surface area contributed by atoms with Crippen LogP contribution < -0.4 is 4.74 Å². The molecule has 0 fully saturated rings. The minimum absolute atomic E-state index is 0.0831. The number of rotatable bonds is 5. The molecule has 2 rings (SSSR count). The molecule has 3 nitrogen and oxygen atoms in total. The highest BCUT2D eigenvalue weighted by atomic mass is 35.5. The standard InChI is InChI=1S/C14H13ClO3S/c1-2-9-6-7-10(19-9)8-18-13-11(14(16)17)4-3-5-12(13)15/h3-7H,2,8H2,1H3,(H,16,17). The maximum atomic E-state index is 11.1. The van der Waals surface area contributed by atoms with Gasteiger partial charge in [0.1, 0.15) is 12.2 Å². The summed E-state index contributed by atoms with van der Waals surface area (Å²) in [6.45, 7) is 2.42. The van der Waals surface area contributed by atoms with E-state index in [0.717, 1.165) is 11.3 Å². The number of carboxylic acid groups (broad SMARTS) is 1. The first-order valence-electron chi connectivity index (χ1n) is 5.84. The number of ether oxygens (including phenoxy) is 1. The molecule has 1 aromatic heterocycles. The number of benzene rings is 1. The van der Waals surface area contributed by atoms with Crippen molar-refractivity contribution in [2.45, 2.75) is 20.0 Å². The highest BCUT2D eigenvalue weighted by Crippen LogP contribution is 2.30. The summed E-state index contributed by atoms with van der Waals surface area (Å²) in [4.78, 5) is 13.4. The second-order valence-corrected chi connectivity index (χ2v) is 5.59. The van der Waals surface area contributed by atoms with Crippen molar-refractivity contribution < 1.29 is 14.6 Å². The first-order chi connectivity index (χ1) is 9.11. The number of hydrogen-bond acceptors (Lipinski definition) is 3. The van der Waals surface area contributed by atoms with Gasteiger partial charge in [-0.15, -0.1) is 11.3 Å². The summed E-state index contributed by atoms with van der Waals surface area (Å²) in [5, 5.41) is 9.41. The van der Waals surface area contributed by atoms with Crippen LogP contribution in [0.25, 0.3) is 0 Å². The second kappa shape index (κ2) is 6.08. The van der Waals surface area contributed by atoms with Crippen LogP contribution in [-0.2, 0) is 13.0 Å². The van der Waals surface area contributed by atoms with E-state index in [0.29, 0.717) is 11.6 Å². The van der Waals surface area contributed by atoms with Crippen molar-refractivity contribution in [1.29, 1.82) is 0 Å². The predicted octanol–water partition coefficient (Wildman–Crippen LogP) is 4.24. The van der Waals surface area contributed by atoms with E-state index in [1.54, 1.807) is 23.5 Å². The van der Waals surface area contributed by atoms with Gasteiger partial charge in [0, 0.05) is 9.75 Å². The van der Waals surface area contributed by atoms with Gasteiger partial charge in [0.25, 0.3) is 0 Å². The number of halogens is 1. The fraction of sp³-hybridized carbons (Fsp3) is 0.214. The van der Waals surface area contributed by atoms with Gasteiger partial charge in [-0.2, -0.15) is 0 Å². The summed E-state index contributed by atoms with van der Waals surface area (Å²) >= 11 is 7.64. The summed E-state index contributed by atoms with van der Waals surface area (Å²) in [5.74, 6) is -0.818. The maximum absolute atomic E-state index is 11.1. The fourth-order valence-corrected chi connectivity index (χ4v) is 2.76. The molecule has 0 atom stereocenters. The van der Waals surface area contributed by atoms with E-state index in [-0.39, 0.29) is 11.3 Å². The first-order valence-corrected chi connectivity index (χ1v) is 7.03. The van der Waals surface area contributed by atoms with Crippen molar-refractivity contribution in [3.63, 3.8) is 0 Å². The van der Waals surface area contributed by atoms with Gasteiger partial charge in [0.15, 0.2) is 5.75 Å². The Labute approximate surface area is 120 Å². The van der Waals surface area contributed by atoms with Gasteiger partial charge in [-0.1, -0.05) is 24.6 Å². The number of carboxylic acids is 1. The van der Waals surface area contributed by atoms with Crippen molar-refractivity contribution in [2.75, 3.05) is 0 Å². The SMILES string of the molecule is CCc1ccc(COc2c(Cl)cccc2C(=O)O)s1. The third-order valence-electron chi connectivity index (χ3n) is 2.62. The normalized spacial score (nSPS) is 10.4. The molecule has 1 N–H and O–H groups in total. The van der Waals surface area contributed by atoms with Crippen molar-refractivity contribution in [3.8, 4) is 5.75 Å². The van der Waals surface area contributed by atoms with Crippen LogP contribution in [-0.4, -0.2) is 11.1 Å². The Balaban J connectivity index is 2.17. The summed E-state index contributed by atoms with van der Waals surface area (Å²) < 4.78 is 5.57. The second-order valence-electron chi connectivity index (χ2n) is 3.93. The smallest absolute Gasteiger partial charge is 0.339 e. The van der Waals surface area contributed by atoms with Gasteiger partial charge in [-0.05, 0) is 30.7 Å². The Morgan fingerprint density at radius 3 is 2.68 bits per heavy atom. The third-order valence-corrected chi connectivity index (χ3v) is 4.12. The number of carbonyl (C=O) groups is 1. The lowest BCUT2D eigenvalue weighted by Gasteiger charge is -2.09. The molecular formula is C14H13ClO3S. The molecule has 19 heavy (non-hydrogen) atoms. The highest BCUT2D eigenvalue weighted by Gasteiger charge is 2.14. The lowest BCUT2D eigenvalue weighted by Crippen LogP contribution is -2.03. The predicted molar refractivity (Wildman–Crippen MR) is 76.4 cm³/mol. The van der Waals surface area contributed by atoms with Crippen LogP contribution in [0, 0.1) is 0 Å². The van der Waals surface area contributed by atoms with Crippen molar-refractivity contribution in [3.05, 3.63) is 50.7 Å². The van der Waals surface area contributed by atoms with E-state index in [1.807, 2.05) is 12.1 Å². The molecule has 0 saturated heterocycles. The molecule has 1 heterocycles. The lowest BCUT2D eigenvalue weighted by molar-refractivity contribution is 0.0692. The minimum Gasteiger partial charge on any atom is -0.486 e. The molecule has 0 amide bonds. The average Bonchev–Trinajstić information content (AvgIpc) is 2.85. The third kappa shape index (κ3) is 3.28. The number of hydrogen-bond donors (Lipinski definition) is 1. The molecule has 0 unspecified atom stereocenters. The molecule has 0 bridgehead atoms. The molecule has 0 radical (unpaired) electrons. The highest BCUT2D eigenvalue weighted by molar-refractivity contribution is 7.11. The van der Waals surface area contributed by atoms with Crippen LogP contribution in [0.2, 0.25) is 5.02 Å². The molecular weight excluding hydrogens is 284 g/mol. The number of para-hydroxylation sites is 1. The Bertz CT molecular complexity index is 592. The van der Waals surface area contributed by atoms with Gasteiger partial charge in [-0.3, -0.25) is 0 Å². The largest absolute Gasteiger partial charge is 0.486 e. The summed E-state index contributed by atoms with van der Waals surface area (Å²) in [6, 6.07) is 8.73. The molecule has 0 spiro atoms.